The molecule has 0 aromatic carbocycles. The molecule has 0 amide bonds. The van der Waals surface area contributed by atoms with E-state index in [-0.39, 0.29) is 13.1 Å². The first kappa shape index (κ1) is 34.1. The maximum absolute atomic E-state index is 11.4. The molecule has 0 spiro atoms. The SMILES string of the molecule is [N-]=[N+]=NCC(O)CN[C@H]1[C@H](OC2[C@@H](CO)O[C@@H](O)[C@H](N)[C@H]2O)O[C@H](CO)C(O[C@@H]2O[C@H](CO)[C@@H](O)[C@H](O)[C@H]2N)[C@@H]1O. The number of aliphatic hydroxyl groups excluding tert-OH is 9. The first-order valence-electron chi connectivity index (χ1n) is 12.9. The van der Waals surface area contributed by atoms with E-state index in [1.54, 1.807) is 0 Å². The molecule has 16 atom stereocenters. The van der Waals surface area contributed by atoms with E-state index in [4.69, 9.17) is 40.7 Å². The van der Waals surface area contributed by atoms with Crippen LogP contribution in [0.4, 0.5) is 0 Å². The normalized spacial score (nSPS) is 46.1. The molecule has 3 fully saturated rings. The van der Waals surface area contributed by atoms with Gasteiger partial charge in [-0.15, -0.1) is 0 Å². The zero-order chi connectivity index (χ0) is 30.4. The molecule has 3 rings (SSSR count). The molecule has 0 aromatic heterocycles. The van der Waals surface area contributed by atoms with Crippen LogP contribution in [0.15, 0.2) is 5.11 Å². The summed E-state index contributed by atoms with van der Waals surface area (Å²) in [6, 6.07) is -4.01. The van der Waals surface area contributed by atoms with Crippen LogP contribution in [0, 0.1) is 0 Å². The van der Waals surface area contributed by atoms with Crippen molar-refractivity contribution in [2.75, 3.05) is 32.9 Å². The summed E-state index contributed by atoms with van der Waals surface area (Å²) in [5, 5.41) is 97.7. The molecule has 0 bridgehead atoms. The van der Waals surface area contributed by atoms with Gasteiger partial charge in [-0.1, -0.05) is 5.11 Å². The number of nitrogens with zero attached hydrogens (tertiary/aromatic N) is 3. The third-order valence-electron chi connectivity index (χ3n) is 7.23. The molecular formula is C21H40N6O14. The lowest BCUT2D eigenvalue weighted by atomic mass is 9.94. The minimum atomic E-state index is -1.65. The van der Waals surface area contributed by atoms with Gasteiger partial charge in [0.1, 0.15) is 54.9 Å². The highest BCUT2D eigenvalue weighted by atomic mass is 16.7. The number of aliphatic hydroxyl groups is 9. The third-order valence-corrected chi connectivity index (χ3v) is 7.23. The van der Waals surface area contributed by atoms with Crippen LogP contribution in [0.3, 0.4) is 0 Å². The first-order chi connectivity index (χ1) is 19.5. The quantitative estimate of drug-likeness (QED) is 0.0562. The van der Waals surface area contributed by atoms with E-state index in [1.165, 1.54) is 0 Å². The lowest BCUT2D eigenvalue weighted by Gasteiger charge is -2.49. The van der Waals surface area contributed by atoms with Gasteiger partial charge in [0, 0.05) is 11.5 Å². The van der Waals surface area contributed by atoms with Crippen LogP contribution in [-0.2, 0) is 23.7 Å². The van der Waals surface area contributed by atoms with Crippen molar-refractivity contribution in [3.05, 3.63) is 10.4 Å². The summed E-state index contributed by atoms with van der Waals surface area (Å²) < 4.78 is 28.1. The highest BCUT2D eigenvalue weighted by molar-refractivity contribution is 4.99. The summed E-state index contributed by atoms with van der Waals surface area (Å²) in [6.07, 6.45) is -19.0. The van der Waals surface area contributed by atoms with Crippen molar-refractivity contribution in [1.82, 2.24) is 5.32 Å². The van der Waals surface area contributed by atoms with Crippen LogP contribution in [-0.4, -0.2) is 177 Å². The van der Waals surface area contributed by atoms with E-state index in [0.717, 1.165) is 0 Å². The lowest BCUT2D eigenvalue weighted by molar-refractivity contribution is -0.350. The van der Waals surface area contributed by atoms with Gasteiger partial charge in [0.25, 0.3) is 0 Å². The molecule has 20 heteroatoms. The fourth-order valence-corrected chi connectivity index (χ4v) is 4.84. The minimum absolute atomic E-state index is 0.289. The summed E-state index contributed by atoms with van der Waals surface area (Å²) >= 11 is 0. The summed E-state index contributed by atoms with van der Waals surface area (Å²) in [7, 11) is 0. The summed E-state index contributed by atoms with van der Waals surface area (Å²) in [5.41, 5.74) is 20.2. The molecule has 3 aliphatic heterocycles. The fourth-order valence-electron chi connectivity index (χ4n) is 4.84. The number of nitrogens with one attached hydrogen (secondary N) is 1. The Hall–Kier alpha value is -1.37. The van der Waals surface area contributed by atoms with Crippen LogP contribution >= 0.6 is 0 Å². The van der Waals surface area contributed by atoms with E-state index in [2.05, 4.69) is 15.3 Å². The van der Waals surface area contributed by atoms with Gasteiger partial charge in [0.05, 0.1) is 50.6 Å². The Morgan fingerprint density at radius 2 is 1.34 bits per heavy atom. The Labute approximate surface area is 233 Å². The van der Waals surface area contributed by atoms with E-state index in [1.807, 2.05) is 0 Å². The second kappa shape index (κ2) is 15.4. The Morgan fingerprint density at radius 1 is 0.780 bits per heavy atom. The first-order valence-corrected chi connectivity index (χ1v) is 12.9. The average molecular weight is 601 g/mol. The molecule has 3 heterocycles. The standard InChI is InChI=1S/C21H40N6O14/c22-10-15(34)17(8(4-29)37-19(10)36)41-21-12(25-1-6(31)2-26-27-24)16(35)18(9(5-30)39-21)40-20-11(23)14(33)13(32)7(3-28)38-20/h6-21,25,28-36H,1-5,22-23H2/t6?,7-,8-,9-,10-,11-,12-,13-,14-,15-,16-,17?,18?,19-,20+,21+/m1/s1. The van der Waals surface area contributed by atoms with Gasteiger partial charge in [-0.3, -0.25) is 0 Å². The Morgan fingerprint density at radius 3 is 1.95 bits per heavy atom. The maximum atomic E-state index is 11.4. The van der Waals surface area contributed by atoms with Crippen LogP contribution in [0.1, 0.15) is 0 Å². The second-order valence-corrected chi connectivity index (χ2v) is 10.0. The van der Waals surface area contributed by atoms with Crippen molar-refractivity contribution < 1.29 is 69.6 Å². The zero-order valence-corrected chi connectivity index (χ0v) is 21.8. The summed E-state index contributed by atoms with van der Waals surface area (Å²) in [6.45, 7) is -2.80. The highest BCUT2D eigenvalue weighted by Crippen LogP contribution is 2.31. The van der Waals surface area contributed by atoms with E-state index >= 15 is 0 Å². The van der Waals surface area contributed by atoms with Gasteiger partial charge in [0.15, 0.2) is 18.9 Å². The van der Waals surface area contributed by atoms with Crippen LogP contribution in [0.5, 0.6) is 0 Å². The topological polar surface area (TPSA) is 341 Å². The molecule has 41 heavy (non-hydrogen) atoms. The number of hydrogen-bond acceptors (Lipinski definition) is 18. The zero-order valence-electron chi connectivity index (χ0n) is 21.8. The third kappa shape index (κ3) is 7.78. The predicted molar refractivity (Wildman–Crippen MR) is 131 cm³/mol. The summed E-state index contributed by atoms with van der Waals surface area (Å²) in [4.78, 5) is 2.56. The molecule has 3 unspecified atom stereocenters. The minimum Gasteiger partial charge on any atom is -0.394 e. The summed E-state index contributed by atoms with van der Waals surface area (Å²) in [5.74, 6) is 0. The largest absolute Gasteiger partial charge is 0.394 e. The molecule has 20 nitrogen and oxygen atoms in total. The molecule has 0 aliphatic carbocycles. The van der Waals surface area contributed by atoms with Crippen molar-refractivity contribution >= 4 is 0 Å². The fraction of sp³-hybridized carbons (Fsp3) is 1.00. The van der Waals surface area contributed by atoms with Crippen LogP contribution in [0.25, 0.3) is 10.4 Å². The van der Waals surface area contributed by atoms with Crippen molar-refractivity contribution in [2.24, 2.45) is 16.6 Å². The Bertz CT molecular complexity index is 857. The number of azide groups is 1. The van der Waals surface area contributed by atoms with Gasteiger partial charge in [-0.2, -0.15) is 0 Å². The molecule has 0 radical (unpaired) electrons. The van der Waals surface area contributed by atoms with Crippen molar-refractivity contribution in [3.8, 4) is 0 Å². The van der Waals surface area contributed by atoms with Gasteiger partial charge in [-0.05, 0) is 5.53 Å². The average Bonchev–Trinajstić information content (AvgIpc) is 2.96. The van der Waals surface area contributed by atoms with Crippen molar-refractivity contribution in [3.63, 3.8) is 0 Å². The Kier molecular flexibility index (Phi) is 12.8. The molecule has 238 valence electrons. The number of rotatable bonds is 12. The Balaban J connectivity index is 1.85. The molecular weight excluding hydrogens is 560 g/mol. The lowest BCUT2D eigenvalue weighted by Crippen LogP contribution is -2.70. The van der Waals surface area contributed by atoms with Gasteiger partial charge < -0.3 is 86.4 Å². The predicted octanol–water partition coefficient (Wildman–Crippen LogP) is -7.37. The molecule has 3 saturated heterocycles. The smallest absolute Gasteiger partial charge is 0.176 e. The van der Waals surface area contributed by atoms with E-state index in [9.17, 15) is 46.0 Å². The monoisotopic (exact) mass is 600 g/mol. The van der Waals surface area contributed by atoms with E-state index in [0.29, 0.717) is 0 Å². The van der Waals surface area contributed by atoms with E-state index < -0.39 is 118 Å². The van der Waals surface area contributed by atoms with Gasteiger partial charge >= 0.3 is 0 Å². The van der Waals surface area contributed by atoms with Crippen LogP contribution in [0.2, 0.25) is 0 Å². The number of hydrogen-bond donors (Lipinski definition) is 12. The van der Waals surface area contributed by atoms with Gasteiger partial charge in [0.2, 0.25) is 0 Å². The maximum Gasteiger partial charge on any atom is 0.176 e. The highest BCUT2D eigenvalue weighted by Gasteiger charge is 2.53. The van der Waals surface area contributed by atoms with Crippen LogP contribution < -0.4 is 16.8 Å². The van der Waals surface area contributed by atoms with Crippen molar-refractivity contribution in [1.29, 1.82) is 0 Å². The number of nitrogens with two attached hydrogens (primary N) is 2. The second-order valence-electron chi connectivity index (χ2n) is 10.0. The molecule has 0 aromatic rings. The van der Waals surface area contributed by atoms with Gasteiger partial charge in [-0.25, -0.2) is 0 Å². The van der Waals surface area contributed by atoms with Crippen molar-refractivity contribution in [2.45, 2.75) is 98.0 Å². The number of ether oxygens (including phenoxy) is 5. The molecule has 0 saturated carbocycles. The molecule has 3 aliphatic rings. The molecule has 14 N–H and O–H groups in total.